The van der Waals surface area contributed by atoms with E-state index >= 15 is 0 Å². The number of carboxylic acids is 1. The maximum atomic E-state index is 11.0. The van der Waals surface area contributed by atoms with Crippen LogP contribution in [-0.2, 0) is 0 Å². The van der Waals surface area contributed by atoms with Crippen LogP contribution in [0.2, 0.25) is 0 Å². The molecule has 21 heavy (non-hydrogen) atoms. The van der Waals surface area contributed by atoms with Crippen LogP contribution in [0, 0.1) is 0 Å². The van der Waals surface area contributed by atoms with E-state index in [0.717, 1.165) is 5.69 Å². The fourth-order valence-corrected chi connectivity index (χ4v) is 1.94. The van der Waals surface area contributed by atoms with Gasteiger partial charge in [0.05, 0.1) is 11.9 Å². The summed E-state index contributed by atoms with van der Waals surface area (Å²) in [4.78, 5) is 15.2. The minimum Gasteiger partial charge on any atom is -0.476 e. The van der Waals surface area contributed by atoms with Gasteiger partial charge in [-0.15, -0.1) is 0 Å². The fraction of sp³-hybridized carbons (Fsp3) is 0.231. The molecule has 0 saturated heterocycles. The number of hydrogen-bond donors (Lipinski definition) is 2. The molecule has 2 N–H and O–H groups in total. The topological polar surface area (TPSA) is 97.3 Å². The summed E-state index contributed by atoms with van der Waals surface area (Å²) in [7, 11) is 0. The minimum atomic E-state index is -1.07. The van der Waals surface area contributed by atoms with E-state index in [4.69, 9.17) is 5.11 Å². The van der Waals surface area contributed by atoms with Crippen LogP contribution in [0.15, 0.2) is 30.9 Å². The van der Waals surface area contributed by atoms with Crippen LogP contribution in [0.1, 0.15) is 30.4 Å². The van der Waals surface area contributed by atoms with Gasteiger partial charge in [-0.3, -0.25) is 4.68 Å². The molecule has 0 fully saturated rings. The SMILES string of the molecule is CC(C)n1cc(Nc2nccn3nc(C(=O)O)cc23)cn1. The van der Waals surface area contributed by atoms with E-state index < -0.39 is 5.97 Å². The Bertz CT molecular complexity index is 804. The summed E-state index contributed by atoms with van der Waals surface area (Å²) in [6.45, 7) is 4.07. The number of fused-ring (bicyclic) bond motifs is 1. The number of hydrogen-bond acceptors (Lipinski definition) is 5. The standard InChI is InChI=1S/C13H14N6O2/c1-8(2)19-7-9(6-15-19)16-12-11-5-10(13(20)21)17-18(11)4-3-14-12/h3-8H,1-2H3,(H,14,16)(H,20,21). The van der Waals surface area contributed by atoms with Gasteiger partial charge in [-0.1, -0.05) is 0 Å². The predicted octanol–water partition coefficient (Wildman–Crippen LogP) is 1.95. The van der Waals surface area contributed by atoms with Crippen LogP contribution >= 0.6 is 0 Å². The Labute approximate surface area is 120 Å². The summed E-state index contributed by atoms with van der Waals surface area (Å²) >= 11 is 0. The van der Waals surface area contributed by atoms with Gasteiger partial charge in [-0.2, -0.15) is 10.2 Å². The van der Waals surface area contributed by atoms with Crippen molar-refractivity contribution in [2.24, 2.45) is 0 Å². The summed E-state index contributed by atoms with van der Waals surface area (Å²) in [5.41, 5.74) is 1.35. The Morgan fingerprint density at radius 3 is 2.90 bits per heavy atom. The molecule has 0 aliphatic rings. The quantitative estimate of drug-likeness (QED) is 0.760. The Morgan fingerprint density at radius 2 is 2.24 bits per heavy atom. The first kappa shape index (κ1) is 13.1. The molecular formula is C13H14N6O2. The molecule has 0 aromatic carbocycles. The lowest BCUT2D eigenvalue weighted by Crippen LogP contribution is -2.00. The number of aromatic carboxylic acids is 1. The number of aromatic nitrogens is 5. The second-order valence-electron chi connectivity index (χ2n) is 4.87. The van der Waals surface area contributed by atoms with Crippen molar-refractivity contribution >= 4 is 23.0 Å². The normalized spacial score (nSPS) is 11.2. The molecule has 0 amide bonds. The average Bonchev–Trinajstić information content (AvgIpc) is 3.05. The first-order valence-electron chi connectivity index (χ1n) is 6.43. The molecule has 0 bridgehead atoms. The molecule has 0 saturated carbocycles. The maximum Gasteiger partial charge on any atom is 0.356 e. The smallest absolute Gasteiger partial charge is 0.356 e. The van der Waals surface area contributed by atoms with Crippen molar-refractivity contribution < 1.29 is 9.90 Å². The second-order valence-corrected chi connectivity index (χ2v) is 4.87. The van der Waals surface area contributed by atoms with E-state index in [9.17, 15) is 4.79 Å². The Balaban J connectivity index is 1.97. The monoisotopic (exact) mass is 286 g/mol. The number of rotatable bonds is 4. The molecule has 0 aliphatic heterocycles. The van der Waals surface area contributed by atoms with Crippen LogP contribution in [0.3, 0.4) is 0 Å². The van der Waals surface area contributed by atoms with Gasteiger partial charge < -0.3 is 10.4 Å². The molecule has 0 unspecified atom stereocenters. The zero-order valence-electron chi connectivity index (χ0n) is 11.6. The first-order chi connectivity index (χ1) is 10.0. The number of nitrogens with one attached hydrogen (secondary N) is 1. The second kappa shape index (κ2) is 4.89. The lowest BCUT2D eigenvalue weighted by atomic mass is 10.3. The van der Waals surface area contributed by atoms with Gasteiger partial charge in [0.15, 0.2) is 11.5 Å². The lowest BCUT2D eigenvalue weighted by Gasteiger charge is -2.05. The molecule has 8 nitrogen and oxygen atoms in total. The number of nitrogens with zero attached hydrogens (tertiary/aromatic N) is 5. The molecule has 0 radical (unpaired) electrons. The van der Waals surface area contributed by atoms with Crippen molar-refractivity contribution in [2.75, 3.05) is 5.32 Å². The summed E-state index contributed by atoms with van der Waals surface area (Å²) in [6.07, 6.45) is 6.72. The van der Waals surface area contributed by atoms with Gasteiger partial charge in [0.25, 0.3) is 0 Å². The van der Waals surface area contributed by atoms with E-state index in [1.54, 1.807) is 18.6 Å². The average molecular weight is 286 g/mol. The predicted molar refractivity (Wildman–Crippen MR) is 75.8 cm³/mol. The van der Waals surface area contributed by atoms with E-state index in [0.29, 0.717) is 11.3 Å². The number of anilines is 2. The molecule has 0 spiro atoms. The first-order valence-corrected chi connectivity index (χ1v) is 6.43. The molecule has 8 heteroatoms. The zero-order chi connectivity index (χ0) is 15.0. The van der Waals surface area contributed by atoms with E-state index in [-0.39, 0.29) is 11.7 Å². The highest BCUT2D eigenvalue weighted by molar-refractivity contribution is 5.88. The van der Waals surface area contributed by atoms with Gasteiger partial charge in [0.2, 0.25) is 0 Å². The minimum absolute atomic E-state index is 0.0241. The Morgan fingerprint density at radius 1 is 1.43 bits per heavy atom. The molecule has 3 rings (SSSR count). The van der Waals surface area contributed by atoms with Gasteiger partial charge >= 0.3 is 5.97 Å². The Hall–Kier alpha value is -2.90. The zero-order valence-corrected chi connectivity index (χ0v) is 11.6. The van der Waals surface area contributed by atoms with Gasteiger partial charge in [-0.05, 0) is 13.8 Å². The van der Waals surface area contributed by atoms with Crippen molar-refractivity contribution in [1.29, 1.82) is 0 Å². The van der Waals surface area contributed by atoms with Crippen LogP contribution < -0.4 is 5.32 Å². The molecule has 3 heterocycles. The number of carboxylic acid groups (broad SMARTS) is 1. The molecular weight excluding hydrogens is 272 g/mol. The third-order valence-electron chi connectivity index (χ3n) is 3.00. The van der Waals surface area contributed by atoms with Crippen LogP contribution in [-0.4, -0.2) is 35.5 Å². The van der Waals surface area contributed by atoms with E-state index in [1.807, 2.05) is 24.7 Å². The highest BCUT2D eigenvalue weighted by Gasteiger charge is 2.12. The van der Waals surface area contributed by atoms with Crippen molar-refractivity contribution in [3.8, 4) is 0 Å². The molecule has 0 atom stereocenters. The third kappa shape index (κ3) is 2.42. The maximum absolute atomic E-state index is 11.0. The van der Waals surface area contributed by atoms with E-state index in [2.05, 4.69) is 20.5 Å². The van der Waals surface area contributed by atoms with Crippen LogP contribution in [0.5, 0.6) is 0 Å². The fourth-order valence-electron chi connectivity index (χ4n) is 1.94. The summed E-state index contributed by atoms with van der Waals surface area (Å²) in [5.74, 6) is -0.543. The van der Waals surface area contributed by atoms with Crippen molar-refractivity contribution in [2.45, 2.75) is 19.9 Å². The lowest BCUT2D eigenvalue weighted by molar-refractivity contribution is 0.0690. The summed E-state index contributed by atoms with van der Waals surface area (Å²) < 4.78 is 3.30. The molecule has 108 valence electrons. The number of carbonyl (C=O) groups is 1. The van der Waals surface area contributed by atoms with Gasteiger partial charge in [0, 0.05) is 30.7 Å². The third-order valence-corrected chi connectivity index (χ3v) is 3.00. The summed E-state index contributed by atoms with van der Waals surface area (Å²) in [6, 6.07) is 1.74. The molecule has 0 aliphatic carbocycles. The van der Waals surface area contributed by atoms with Crippen molar-refractivity contribution in [3.05, 3.63) is 36.5 Å². The summed E-state index contributed by atoms with van der Waals surface area (Å²) in [5, 5.41) is 20.3. The van der Waals surface area contributed by atoms with Crippen LogP contribution in [0.4, 0.5) is 11.5 Å². The molecule has 3 aromatic heterocycles. The Kier molecular flexibility index (Phi) is 3.05. The van der Waals surface area contributed by atoms with Crippen molar-refractivity contribution in [3.63, 3.8) is 0 Å². The molecule has 3 aromatic rings. The van der Waals surface area contributed by atoms with Gasteiger partial charge in [-0.25, -0.2) is 14.3 Å². The van der Waals surface area contributed by atoms with Crippen LogP contribution in [0.25, 0.3) is 5.52 Å². The van der Waals surface area contributed by atoms with Crippen molar-refractivity contribution in [1.82, 2.24) is 24.4 Å². The highest BCUT2D eigenvalue weighted by Crippen LogP contribution is 2.20. The van der Waals surface area contributed by atoms with Gasteiger partial charge in [0.1, 0.15) is 5.52 Å². The highest BCUT2D eigenvalue weighted by atomic mass is 16.4. The van der Waals surface area contributed by atoms with E-state index in [1.165, 1.54) is 10.6 Å². The largest absolute Gasteiger partial charge is 0.476 e.